The van der Waals surface area contributed by atoms with Gasteiger partial charge in [0.05, 0.1) is 17.3 Å². The van der Waals surface area contributed by atoms with E-state index in [1.807, 2.05) is 30.3 Å². The first-order valence-electron chi connectivity index (χ1n) is 9.66. The third kappa shape index (κ3) is 5.99. The van der Waals surface area contributed by atoms with Crippen LogP contribution < -0.4 is 16.2 Å². The zero-order chi connectivity index (χ0) is 22.2. The van der Waals surface area contributed by atoms with Crippen molar-refractivity contribution in [1.29, 1.82) is 0 Å². The summed E-state index contributed by atoms with van der Waals surface area (Å²) in [5.41, 5.74) is 1.23. The fourth-order valence-corrected chi connectivity index (χ4v) is 2.90. The van der Waals surface area contributed by atoms with Crippen molar-refractivity contribution in [3.05, 3.63) is 76.3 Å². The van der Waals surface area contributed by atoms with Crippen molar-refractivity contribution in [2.24, 2.45) is 7.05 Å². The molecule has 9 nitrogen and oxygen atoms in total. The van der Waals surface area contributed by atoms with Crippen molar-refractivity contribution in [1.82, 2.24) is 20.2 Å². The highest BCUT2D eigenvalue weighted by molar-refractivity contribution is 5.95. The quantitative estimate of drug-likeness (QED) is 0.556. The Bertz CT molecular complexity index is 1160. The molecule has 0 saturated carbocycles. The first-order chi connectivity index (χ1) is 14.9. The monoisotopic (exact) mass is 422 g/mol. The Labute approximate surface area is 178 Å². The van der Waals surface area contributed by atoms with Gasteiger partial charge in [-0.25, -0.2) is 9.78 Å². The standard InChI is InChI=1S/C22H22N4O5/c1-26-18(24-17-10-6-5-9-16(17)21(26)29)11-12-20(28)31-14-19(27)25-22(30)23-13-15-7-3-2-4-8-15/h2-10H,11-14H2,1H3,(H2,23,25,27,30). The van der Waals surface area contributed by atoms with Gasteiger partial charge >= 0.3 is 12.0 Å². The number of para-hydroxylation sites is 1. The molecule has 0 unspecified atom stereocenters. The topological polar surface area (TPSA) is 119 Å². The SMILES string of the molecule is Cn1c(CCC(=O)OCC(=O)NC(=O)NCc2ccccc2)nc2ccccc2c1=O. The summed E-state index contributed by atoms with van der Waals surface area (Å²) in [6, 6.07) is 15.5. The number of urea groups is 1. The Hall–Kier alpha value is -4.01. The molecule has 2 aromatic carbocycles. The lowest BCUT2D eigenvalue weighted by Gasteiger charge is -2.09. The number of hydrogen-bond donors (Lipinski definition) is 2. The first-order valence-corrected chi connectivity index (χ1v) is 9.66. The summed E-state index contributed by atoms with van der Waals surface area (Å²) in [7, 11) is 1.59. The summed E-state index contributed by atoms with van der Waals surface area (Å²) in [5, 5.41) is 5.13. The average molecular weight is 422 g/mol. The van der Waals surface area contributed by atoms with Crippen LogP contribution in [0, 0.1) is 0 Å². The Kier molecular flexibility index (Phi) is 7.10. The van der Waals surface area contributed by atoms with Crippen molar-refractivity contribution in [3.63, 3.8) is 0 Å². The third-order valence-corrected chi connectivity index (χ3v) is 4.54. The largest absolute Gasteiger partial charge is 0.456 e. The minimum atomic E-state index is -0.741. The van der Waals surface area contributed by atoms with Crippen LogP contribution in [0.2, 0.25) is 0 Å². The number of carbonyl (C=O) groups is 3. The molecule has 31 heavy (non-hydrogen) atoms. The number of benzene rings is 2. The summed E-state index contributed by atoms with van der Waals surface area (Å²) in [5.74, 6) is -0.942. The van der Waals surface area contributed by atoms with Gasteiger partial charge in [-0.15, -0.1) is 0 Å². The summed E-state index contributed by atoms with van der Waals surface area (Å²) in [6.07, 6.45) is 0.112. The number of carbonyl (C=O) groups excluding carboxylic acids is 3. The van der Waals surface area contributed by atoms with E-state index in [-0.39, 0.29) is 24.9 Å². The number of fused-ring (bicyclic) bond motifs is 1. The lowest BCUT2D eigenvalue weighted by atomic mass is 10.2. The molecule has 0 saturated heterocycles. The maximum Gasteiger partial charge on any atom is 0.321 e. The van der Waals surface area contributed by atoms with Crippen molar-refractivity contribution < 1.29 is 19.1 Å². The summed E-state index contributed by atoms with van der Waals surface area (Å²) in [4.78, 5) is 52.3. The van der Waals surface area contributed by atoms with E-state index in [0.717, 1.165) is 5.56 Å². The molecule has 0 spiro atoms. The van der Waals surface area contributed by atoms with Crippen LogP contribution >= 0.6 is 0 Å². The number of imide groups is 1. The zero-order valence-electron chi connectivity index (χ0n) is 17.0. The highest BCUT2D eigenvalue weighted by atomic mass is 16.5. The lowest BCUT2D eigenvalue weighted by Crippen LogP contribution is -2.41. The van der Waals surface area contributed by atoms with Gasteiger partial charge in [0.2, 0.25) is 0 Å². The van der Waals surface area contributed by atoms with Gasteiger partial charge in [0, 0.05) is 20.0 Å². The van der Waals surface area contributed by atoms with Crippen molar-refractivity contribution >= 4 is 28.8 Å². The molecule has 3 rings (SSSR count). The minimum absolute atomic E-state index is 0.0634. The van der Waals surface area contributed by atoms with Crippen LogP contribution in [0.5, 0.6) is 0 Å². The van der Waals surface area contributed by atoms with Gasteiger partial charge in [-0.2, -0.15) is 0 Å². The molecule has 2 N–H and O–H groups in total. The fourth-order valence-electron chi connectivity index (χ4n) is 2.90. The molecule has 3 amide bonds. The van der Waals surface area contributed by atoms with Crippen LogP contribution in [0.3, 0.4) is 0 Å². The Morgan fingerprint density at radius 2 is 1.74 bits per heavy atom. The highest BCUT2D eigenvalue weighted by Gasteiger charge is 2.13. The summed E-state index contributed by atoms with van der Waals surface area (Å²) >= 11 is 0. The second-order valence-electron chi connectivity index (χ2n) is 6.79. The molecule has 0 aliphatic carbocycles. The van der Waals surface area contributed by atoms with E-state index in [1.165, 1.54) is 4.57 Å². The van der Waals surface area contributed by atoms with Gasteiger partial charge in [-0.3, -0.25) is 24.3 Å². The number of esters is 1. The van der Waals surface area contributed by atoms with E-state index in [9.17, 15) is 19.2 Å². The van der Waals surface area contributed by atoms with Crippen LogP contribution in [-0.2, 0) is 34.3 Å². The molecule has 3 aromatic rings. The minimum Gasteiger partial charge on any atom is -0.456 e. The molecular formula is C22H22N4O5. The van der Waals surface area contributed by atoms with Crippen LogP contribution in [-0.4, -0.2) is 34.1 Å². The predicted octanol–water partition coefficient (Wildman–Crippen LogP) is 1.44. The first kappa shape index (κ1) is 21.7. The van der Waals surface area contributed by atoms with Gasteiger partial charge in [-0.05, 0) is 17.7 Å². The number of aryl methyl sites for hydroxylation is 1. The molecule has 1 aromatic heterocycles. The second kappa shape index (κ2) is 10.1. The molecule has 0 aliphatic rings. The van der Waals surface area contributed by atoms with Crippen LogP contribution in [0.15, 0.2) is 59.4 Å². The normalized spacial score (nSPS) is 10.5. The third-order valence-electron chi connectivity index (χ3n) is 4.54. The Morgan fingerprint density at radius 1 is 1.03 bits per heavy atom. The van der Waals surface area contributed by atoms with Crippen molar-refractivity contribution in [3.8, 4) is 0 Å². The molecular weight excluding hydrogens is 400 g/mol. The summed E-state index contributed by atoms with van der Waals surface area (Å²) in [6.45, 7) is -0.321. The highest BCUT2D eigenvalue weighted by Crippen LogP contribution is 2.08. The number of aromatic nitrogens is 2. The number of hydrogen-bond acceptors (Lipinski definition) is 6. The van der Waals surface area contributed by atoms with E-state index < -0.39 is 24.5 Å². The van der Waals surface area contributed by atoms with Gasteiger partial charge in [0.15, 0.2) is 6.61 Å². The number of rotatable bonds is 7. The second-order valence-corrected chi connectivity index (χ2v) is 6.79. The van der Waals surface area contributed by atoms with Crippen LogP contribution in [0.1, 0.15) is 17.8 Å². The van der Waals surface area contributed by atoms with E-state index in [2.05, 4.69) is 15.6 Å². The smallest absolute Gasteiger partial charge is 0.321 e. The van der Waals surface area contributed by atoms with E-state index in [0.29, 0.717) is 16.7 Å². The predicted molar refractivity (Wildman–Crippen MR) is 113 cm³/mol. The number of amides is 3. The molecule has 0 radical (unpaired) electrons. The number of nitrogens with one attached hydrogen (secondary N) is 2. The van der Waals surface area contributed by atoms with Gasteiger partial charge < -0.3 is 10.1 Å². The number of nitrogens with zero attached hydrogens (tertiary/aromatic N) is 2. The Balaban J connectivity index is 1.43. The molecule has 0 bridgehead atoms. The Morgan fingerprint density at radius 3 is 2.52 bits per heavy atom. The van der Waals surface area contributed by atoms with Gasteiger partial charge in [-0.1, -0.05) is 42.5 Å². The van der Waals surface area contributed by atoms with Crippen molar-refractivity contribution in [2.75, 3.05) is 6.61 Å². The fraction of sp³-hybridized carbons (Fsp3) is 0.227. The van der Waals surface area contributed by atoms with E-state index in [4.69, 9.17) is 4.74 Å². The molecule has 1 heterocycles. The molecule has 160 valence electrons. The van der Waals surface area contributed by atoms with E-state index in [1.54, 1.807) is 31.3 Å². The van der Waals surface area contributed by atoms with Crippen LogP contribution in [0.4, 0.5) is 4.79 Å². The summed E-state index contributed by atoms with van der Waals surface area (Å²) < 4.78 is 6.29. The van der Waals surface area contributed by atoms with E-state index >= 15 is 0 Å². The number of ether oxygens (including phenoxy) is 1. The van der Waals surface area contributed by atoms with Crippen LogP contribution in [0.25, 0.3) is 10.9 Å². The maximum absolute atomic E-state index is 12.4. The van der Waals surface area contributed by atoms with Crippen molar-refractivity contribution in [2.45, 2.75) is 19.4 Å². The average Bonchev–Trinajstić information content (AvgIpc) is 2.78. The lowest BCUT2D eigenvalue weighted by molar-refractivity contribution is -0.148. The molecule has 0 atom stereocenters. The zero-order valence-corrected chi connectivity index (χ0v) is 17.0. The van der Waals surface area contributed by atoms with Gasteiger partial charge in [0.25, 0.3) is 11.5 Å². The molecule has 0 fully saturated rings. The van der Waals surface area contributed by atoms with Gasteiger partial charge in [0.1, 0.15) is 5.82 Å². The molecule has 0 aliphatic heterocycles. The molecule has 9 heteroatoms. The maximum atomic E-state index is 12.4.